The standard InChI is InChI=1S/C3H9NSSi/c1-3-4(2)6-5-3/h3H,6H2,1-2H3. The van der Waals surface area contributed by atoms with Crippen molar-refractivity contribution >= 4 is 20.0 Å². The molecule has 1 aliphatic rings. The Hall–Kier alpha value is 0.527. The van der Waals surface area contributed by atoms with Crippen LogP contribution < -0.4 is 0 Å². The summed E-state index contributed by atoms with van der Waals surface area (Å²) in [6.07, 6.45) is 0. The zero-order valence-corrected chi connectivity index (χ0v) is 6.37. The summed E-state index contributed by atoms with van der Waals surface area (Å²) in [5, 5.41) is 0.844. The summed E-state index contributed by atoms with van der Waals surface area (Å²) in [5.74, 6) is 0. The molecule has 1 atom stereocenters. The minimum Gasteiger partial charge on any atom is -0.312 e. The van der Waals surface area contributed by atoms with Gasteiger partial charge >= 0.3 is 0 Å². The molecule has 1 heterocycles. The van der Waals surface area contributed by atoms with Crippen molar-refractivity contribution < 1.29 is 0 Å². The summed E-state index contributed by atoms with van der Waals surface area (Å²) in [7, 11) is 2.43. The lowest BCUT2D eigenvalue weighted by Gasteiger charge is -2.33. The minimum absolute atomic E-state index is 0.232. The van der Waals surface area contributed by atoms with E-state index in [0.717, 1.165) is 5.37 Å². The van der Waals surface area contributed by atoms with Crippen LogP contribution in [0.5, 0.6) is 0 Å². The van der Waals surface area contributed by atoms with Crippen molar-refractivity contribution in [3.05, 3.63) is 0 Å². The summed E-state index contributed by atoms with van der Waals surface area (Å²) in [6, 6.07) is 0. The van der Waals surface area contributed by atoms with Gasteiger partial charge in [0.05, 0.1) is 0 Å². The molecule has 1 unspecified atom stereocenters. The van der Waals surface area contributed by atoms with Crippen LogP contribution in [0, 0.1) is 0 Å². The van der Waals surface area contributed by atoms with E-state index in [4.69, 9.17) is 0 Å². The normalized spacial score (nSPS) is 40.0. The average molecular weight is 119 g/mol. The van der Waals surface area contributed by atoms with Gasteiger partial charge in [0, 0.05) is 5.37 Å². The molecule has 0 aromatic heterocycles. The van der Waals surface area contributed by atoms with Crippen LogP contribution in [0.15, 0.2) is 0 Å². The Kier molecular flexibility index (Phi) is 1.22. The van der Waals surface area contributed by atoms with Gasteiger partial charge in [-0.05, 0) is 14.0 Å². The monoisotopic (exact) mass is 119 g/mol. The van der Waals surface area contributed by atoms with E-state index in [0.29, 0.717) is 0 Å². The molecule has 0 spiro atoms. The highest BCUT2D eigenvalue weighted by molar-refractivity contribution is 8.24. The predicted octanol–water partition coefficient (Wildman–Crippen LogP) is 0.00980. The SMILES string of the molecule is CC1S[SiH2]N1C. The van der Waals surface area contributed by atoms with E-state index in [1.165, 1.54) is 0 Å². The zero-order chi connectivity index (χ0) is 4.57. The van der Waals surface area contributed by atoms with Crippen molar-refractivity contribution in [2.75, 3.05) is 7.05 Å². The smallest absolute Gasteiger partial charge is 0.160 e. The molecule has 0 saturated carbocycles. The molecule has 0 aromatic rings. The molecule has 0 aliphatic carbocycles. The van der Waals surface area contributed by atoms with Crippen molar-refractivity contribution in [1.29, 1.82) is 0 Å². The van der Waals surface area contributed by atoms with Gasteiger partial charge in [0.25, 0.3) is 0 Å². The molecule has 1 aliphatic heterocycles. The van der Waals surface area contributed by atoms with Crippen molar-refractivity contribution in [3.8, 4) is 0 Å². The Morgan fingerprint density at radius 2 is 2.33 bits per heavy atom. The maximum absolute atomic E-state index is 2.45. The molecule has 36 valence electrons. The highest BCUT2D eigenvalue weighted by atomic mass is 32.4. The number of nitrogens with zero attached hydrogens (tertiary/aromatic N) is 1. The van der Waals surface area contributed by atoms with Gasteiger partial charge in [-0.25, -0.2) is 0 Å². The van der Waals surface area contributed by atoms with Gasteiger partial charge in [0.1, 0.15) is 0 Å². The van der Waals surface area contributed by atoms with Crippen molar-refractivity contribution in [3.63, 3.8) is 0 Å². The first-order valence-corrected chi connectivity index (χ1v) is 5.54. The Morgan fingerprint density at radius 1 is 1.83 bits per heavy atom. The minimum atomic E-state index is 0.232. The van der Waals surface area contributed by atoms with E-state index in [-0.39, 0.29) is 8.83 Å². The Bertz CT molecular complexity index is 50.8. The molecule has 0 N–H and O–H groups in total. The molecule has 0 aromatic carbocycles. The molecular formula is C3H9NSSi. The topological polar surface area (TPSA) is 3.24 Å². The van der Waals surface area contributed by atoms with E-state index in [1.807, 2.05) is 0 Å². The second-order valence-corrected chi connectivity index (χ2v) is 5.70. The molecule has 1 rings (SSSR count). The van der Waals surface area contributed by atoms with Crippen LogP contribution in [0.1, 0.15) is 6.92 Å². The quantitative estimate of drug-likeness (QED) is 0.413. The summed E-state index contributed by atoms with van der Waals surface area (Å²) < 4.78 is 2.45. The van der Waals surface area contributed by atoms with E-state index in [2.05, 4.69) is 29.7 Å². The van der Waals surface area contributed by atoms with Gasteiger partial charge in [-0.15, -0.1) is 0 Å². The maximum Gasteiger partial charge on any atom is 0.160 e. The van der Waals surface area contributed by atoms with Gasteiger partial charge < -0.3 is 4.57 Å². The zero-order valence-electron chi connectivity index (χ0n) is 4.14. The highest BCUT2D eigenvalue weighted by Gasteiger charge is 2.18. The van der Waals surface area contributed by atoms with Crippen LogP contribution in [0.4, 0.5) is 0 Å². The van der Waals surface area contributed by atoms with Gasteiger partial charge in [0.15, 0.2) is 8.83 Å². The first kappa shape index (κ1) is 4.68. The Balaban J connectivity index is 2.20. The fourth-order valence-electron chi connectivity index (χ4n) is 0.373. The molecule has 3 heteroatoms. The van der Waals surface area contributed by atoms with Crippen LogP contribution in [-0.4, -0.2) is 25.8 Å². The summed E-state index contributed by atoms with van der Waals surface area (Å²) in [5.41, 5.74) is 0. The molecule has 0 radical (unpaired) electrons. The molecule has 1 nitrogen and oxygen atoms in total. The van der Waals surface area contributed by atoms with Crippen LogP contribution in [0.2, 0.25) is 0 Å². The lowest BCUT2D eigenvalue weighted by molar-refractivity contribution is 0.520. The third-order valence-corrected chi connectivity index (χ3v) is 6.47. The molecule has 1 fully saturated rings. The summed E-state index contributed by atoms with van der Waals surface area (Å²) >= 11 is 2.13. The predicted molar refractivity (Wildman–Crippen MR) is 33.4 cm³/mol. The Morgan fingerprint density at radius 3 is 2.33 bits per heavy atom. The summed E-state index contributed by atoms with van der Waals surface area (Å²) in [6.45, 7) is 2.25. The number of hydrogen-bond acceptors (Lipinski definition) is 2. The van der Waals surface area contributed by atoms with E-state index < -0.39 is 0 Å². The second kappa shape index (κ2) is 1.56. The molecule has 1 saturated heterocycles. The summed E-state index contributed by atoms with van der Waals surface area (Å²) in [4.78, 5) is 0. The van der Waals surface area contributed by atoms with Gasteiger partial charge in [-0.3, -0.25) is 0 Å². The van der Waals surface area contributed by atoms with Crippen LogP contribution >= 0.6 is 11.2 Å². The van der Waals surface area contributed by atoms with Crippen molar-refractivity contribution in [2.45, 2.75) is 12.3 Å². The molecule has 0 amide bonds. The van der Waals surface area contributed by atoms with Crippen molar-refractivity contribution in [1.82, 2.24) is 4.57 Å². The third kappa shape index (κ3) is 0.620. The lowest BCUT2D eigenvalue weighted by Crippen LogP contribution is -2.39. The Labute approximate surface area is 44.6 Å². The van der Waals surface area contributed by atoms with Gasteiger partial charge in [-0.1, -0.05) is 0 Å². The van der Waals surface area contributed by atoms with Crippen LogP contribution in [0.3, 0.4) is 0 Å². The highest BCUT2D eigenvalue weighted by Crippen LogP contribution is 2.22. The first-order chi connectivity index (χ1) is 2.80. The maximum atomic E-state index is 2.45. The van der Waals surface area contributed by atoms with Gasteiger partial charge in [0.2, 0.25) is 0 Å². The number of rotatable bonds is 0. The van der Waals surface area contributed by atoms with Crippen LogP contribution in [0.25, 0.3) is 0 Å². The second-order valence-electron chi connectivity index (χ2n) is 1.65. The molecular weight excluding hydrogens is 110 g/mol. The van der Waals surface area contributed by atoms with E-state index in [9.17, 15) is 0 Å². The average Bonchev–Trinajstić information content (AvgIpc) is 1.61. The van der Waals surface area contributed by atoms with E-state index >= 15 is 0 Å². The third-order valence-electron chi connectivity index (χ3n) is 1.14. The number of hydrogen-bond donors (Lipinski definition) is 0. The largest absolute Gasteiger partial charge is 0.312 e. The first-order valence-electron chi connectivity index (χ1n) is 2.12. The molecule has 6 heavy (non-hydrogen) atoms. The molecule has 0 bridgehead atoms. The van der Waals surface area contributed by atoms with Gasteiger partial charge in [-0.2, -0.15) is 11.2 Å². The van der Waals surface area contributed by atoms with Crippen LogP contribution in [-0.2, 0) is 0 Å². The fraction of sp³-hybridized carbons (Fsp3) is 1.00. The lowest BCUT2D eigenvalue weighted by atomic mass is 10.8. The van der Waals surface area contributed by atoms with Crippen molar-refractivity contribution in [2.24, 2.45) is 0 Å². The van der Waals surface area contributed by atoms with E-state index in [1.54, 1.807) is 0 Å². The fourth-order valence-corrected chi connectivity index (χ4v) is 3.35.